The first-order chi connectivity index (χ1) is 10.4. The summed E-state index contributed by atoms with van der Waals surface area (Å²) in [4.78, 5) is 8.90. The van der Waals surface area contributed by atoms with Crippen LogP contribution in [0.3, 0.4) is 0 Å². The van der Waals surface area contributed by atoms with Gasteiger partial charge in [0.1, 0.15) is 6.17 Å². The van der Waals surface area contributed by atoms with E-state index in [1.54, 1.807) is 30.3 Å². The molecule has 23 heavy (non-hydrogen) atoms. The van der Waals surface area contributed by atoms with Gasteiger partial charge in [-0.15, -0.1) is 0 Å². The molecule has 1 saturated heterocycles. The number of hydrogen-bond donors (Lipinski definition) is 2. The van der Waals surface area contributed by atoms with Gasteiger partial charge in [-0.25, -0.2) is 14.3 Å². The summed E-state index contributed by atoms with van der Waals surface area (Å²) in [5, 5.41) is 12.2. The fraction of sp³-hybridized carbons (Fsp3) is 0.417. The van der Waals surface area contributed by atoms with E-state index in [1.807, 2.05) is 0 Å². The van der Waals surface area contributed by atoms with Gasteiger partial charge in [0, 0.05) is 6.54 Å². The van der Waals surface area contributed by atoms with E-state index < -0.39 is 34.6 Å². The Hall–Kier alpha value is -1.72. The molecule has 11 heteroatoms. The topological polar surface area (TPSA) is 101 Å². The second-order valence-electron chi connectivity index (χ2n) is 4.62. The summed E-state index contributed by atoms with van der Waals surface area (Å²) in [6.07, 6.45) is -6.09. The third-order valence-electron chi connectivity index (χ3n) is 2.99. The van der Waals surface area contributed by atoms with Gasteiger partial charge in [0.05, 0.1) is 6.04 Å². The molecule has 1 heterocycles. The lowest BCUT2D eigenvalue weighted by Gasteiger charge is -2.22. The Balaban J connectivity index is 0.000000322. The molecular formula is C12H14F4N2O4S. The van der Waals surface area contributed by atoms with Gasteiger partial charge in [-0.3, -0.25) is 0 Å². The van der Waals surface area contributed by atoms with Crippen molar-refractivity contribution >= 4 is 16.2 Å². The van der Waals surface area contributed by atoms with Gasteiger partial charge in [0.15, 0.2) is 0 Å². The highest BCUT2D eigenvalue weighted by molar-refractivity contribution is 7.86. The van der Waals surface area contributed by atoms with Gasteiger partial charge in [0.2, 0.25) is 0 Å². The minimum absolute atomic E-state index is 0.138. The number of nitrogens with two attached hydrogens (primary N) is 1. The molecule has 6 nitrogen and oxygen atoms in total. The Morgan fingerprint density at radius 2 is 1.74 bits per heavy atom. The Bertz CT molecular complexity index is 636. The highest BCUT2D eigenvalue weighted by Crippen LogP contribution is 2.35. The van der Waals surface area contributed by atoms with E-state index >= 15 is 0 Å². The van der Waals surface area contributed by atoms with Crippen molar-refractivity contribution < 1.29 is 35.9 Å². The normalized spacial score (nSPS) is 22.3. The van der Waals surface area contributed by atoms with Crippen molar-refractivity contribution in [2.75, 3.05) is 6.54 Å². The van der Waals surface area contributed by atoms with Crippen LogP contribution in [0.4, 0.5) is 17.6 Å². The molecule has 1 fully saturated rings. The van der Waals surface area contributed by atoms with Gasteiger partial charge in [-0.1, -0.05) is 30.3 Å². The number of halogens is 4. The van der Waals surface area contributed by atoms with E-state index in [-0.39, 0.29) is 13.0 Å². The van der Waals surface area contributed by atoms with E-state index in [1.165, 1.54) is 0 Å². The van der Waals surface area contributed by atoms with Gasteiger partial charge in [-0.05, 0) is 12.0 Å². The molecule has 1 aliphatic heterocycles. The molecule has 1 aromatic carbocycles. The van der Waals surface area contributed by atoms with Gasteiger partial charge >= 0.3 is 12.1 Å². The fourth-order valence-corrected chi connectivity index (χ4v) is 2.97. The number of nitrogens with zero attached hydrogens (tertiary/aromatic N) is 1. The van der Waals surface area contributed by atoms with Crippen LogP contribution in [0.15, 0.2) is 30.3 Å². The van der Waals surface area contributed by atoms with E-state index in [4.69, 9.17) is 15.0 Å². The van der Waals surface area contributed by atoms with Crippen LogP contribution in [0.25, 0.3) is 0 Å². The van der Waals surface area contributed by atoms with Crippen molar-refractivity contribution in [3.63, 3.8) is 0 Å². The van der Waals surface area contributed by atoms with Crippen LogP contribution in [0, 0.1) is 0 Å². The predicted molar refractivity (Wildman–Crippen MR) is 72.2 cm³/mol. The van der Waals surface area contributed by atoms with Crippen molar-refractivity contribution in [1.29, 1.82) is 0 Å². The number of rotatable bonds is 2. The predicted octanol–water partition coefficient (Wildman–Crippen LogP) is 1.61. The number of hydrogen-bond acceptors (Lipinski definition) is 3. The largest absolute Gasteiger partial charge is 0.490 e. The summed E-state index contributed by atoms with van der Waals surface area (Å²) in [6.45, 7) is 0.138. The highest BCUT2D eigenvalue weighted by atomic mass is 32.2. The summed E-state index contributed by atoms with van der Waals surface area (Å²) in [7, 11) is -3.84. The average molecular weight is 358 g/mol. The Labute approximate surface area is 129 Å². The first-order valence-electron chi connectivity index (χ1n) is 6.23. The lowest BCUT2D eigenvalue weighted by molar-refractivity contribution is -0.192. The first-order valence-corrected chi connectivity index (χ1v) is 7.73. The minimum Gasteiger partial charge on any atom is -0.475 e. The average Bonchev–Trinajstić information content (AvgIpc) is 2.81. The lowest BCUT2D eigenvalue weighted by Crippen LogP contribution is -2.37. The third kappa shape index (κ3) is 5.44. The molecule has 130 valence electrons. The van der Waals surface area contributed by atoms with Crippen molar-refractivity contribution in [3.05, 3.63) is 35.9 Å². The number of carboxylic acids is 1. The van der Waals surface area contributed by atoms with E-state index in [9.17, 15) is 26.0 Å². The van der Waals surface area contributed by atoms with Crippen molar-refractivity contribution in [2.24, 2.45) is 5.14 Å². The molecular weight excluding hydrogens is 344 g/mol. The molecule has 1 aromatic rings. The molecule has 2 rings (SSSR count). The first kappa shape index (κ1) is 19.3. The van der Waals surface area contributed by atoms with E-state index in [0.29, 0.717) is 5.56 Å². The maximum atomic E-state index is 13.7. The van der Waals surface area contributed by atoms with Crippen LogP contribution in [0.1, 0.15) is 18.0 Å². The van der Waals surface area contributed by atoms with Crippen molar-refractivity contribution in [1.82, 2.24) is 4.31 Å². The number of alkyl halides is 4. The van der Waals surface area contributed by atoms with Crippen LogP contribution >= 0.6 is 0 Å². The second-order valence-corrected chi connectivity index (χ2v) is 6.12. The zero-order chi connectivity index (χ0) is 17.8. The van der Waals surface area contributed by atoms with Gasteiger partial charge in [-0.2, -0.15) is 25.9 Å². The summed E-state index contributed by atoms with van der Waals surface area (Å²) >= 11 is 0. The Morgan fingerprint density at radius 3 is 2.13 bits per heavy atom. The fourth-order valence-electron chi connectivity index (χ4n) is 2.04. The van der Waals surface area contributed by atoms with Crippen LogP contribution in [-0.4, -0.2) is 42.7 Å². The molecule has 2 unspecified atom stereocenters. The molecule has 2 atom stereocenters. The number of carboxylic acid groups (broad SMARTS) is 1. The quantitative estimate of drug-likeness (QED) is 0.784. The smallest absolute Gasteiger partial charge is 0.475 e. The molecule has 1 aliphatic rings. The van der Waals surface area contributed by atoms with Gasteiger partial charge in [0.25, 0.3) is 10.2 Å². The molecule has 0 aromatic heterocycles. The maximum Gasteiger partial charge on any atom is 0.490 e. The molecule has 0 aliphatic carbocycles. The summed E-state index contributed by atoms with van der Waals surface area (Å²) in [5.41, 5.74) is 0.640. The number of benzene rings is 1. The summed E-state index contributed by atoms with van der Waals surface area (Å²) in [6, 6.07) is 7.94. The zero-order valence-electron chi connectivity index (χ0n) is 11.6. The molecule has 0 spiro atoms. The van der Waals surface area contributed by atoms with Gasteiger partial charge < -0.3 is 5.11 Å². The van der Waals surface area contributed by atoms with E-state index in [0.717, 1.165) is 4.31 Å². The van der Waals surface area contributed by atoms with E-state index in [2.05, 4.69) is 0 Å². The Kier molecular flexibility index (Phi) is 6.08. The molecule has 0 amide bonds. The highest BCUT2D eigenvalue weighted by Gasteiger charge is 2.40. The molecule has 3 N–H and O–H groups in total. The van der Waals surface area contributed by atoms with Crippen molar-refractivity contribution in [2.45, 2.75) is 24.8 Å². The monoisotopic (exact) mass is 358 g/mol. The van der Waals surface area contributed by atoms with Crippen LogP contribution in [0.5, 0.6) is 0 Å². The number of aliphatic carboxylic acids is 1. The third-order valence-corrected chi connectivity index (χ3v) is 4.05. The van der Waals surface area contributed by atoms with Crippen LogP contribution in [0.2, 0.25) is 0 Å². The molecule has 0 radical (unpaired) electrons. The summed E-state index contributed by atoms with van der Waals surface area (Å²) < 4.78 is 69.0. The van der Waals surface area contributed by atoms with Crippen LogP contribution < -0.4 is 5.14 Å². The van der Waals surface area contributed by atoms with Crippen LogP contribution in [-0.2, 0) is 15.0 Å². The lowest BCUT2D eigenvalue weighted by atomic mass is 10.0. The maximum absolute atomic E-state index is 13.7. The standard InChI is InChI=1S/C10H13FN2O2S.C2HF3O2/c11-9-6-7-13(16(12,14)15)10(9)8-4-2-1-3-5-8;3-2(4,5)1(6)7/h1-5,9-10H,6-7H2,(H2,12,14,15);(H,6,7). The Morgan fingerprint density at radius 1 is 1.26 bits per heavy atom. The molecule has 0 bridgehead atoms. The molecule has 0 saturated carbocycles. The minimum atomic E-state index is -5.08. The number of carbonyl (C=O) groups is 1. The summed E-state index contributed by atoms with van der Waals surface area (Å²) in [5.74, 6) is -2.76. The van der Waals surface area contributed by atoms with Crippen molar-refractivity contribution in [3.8, 4) is 0 Å². The SMILES string of the molecule is NS(=O)(=O)N1CCC(F)C1c1ccccc1.O=C(O)C(F)(F)F. The second kappa shape index (κ2) is 7.23. The zero-order valence-corrected chi connectivity index (χ0v) is 12.4.